The van der Waals surface area contributed by atoms with Crippen LogP contribution in [0, 0.1) is 0 Å². The number of ether oxygens (including phenoxy) is 1. The summed E-state index contributed by atoms with van der Waals surface area (Å²) in [5.41, 5.74) is -0.563. The Bertz CT molecular complexity index is 187. The molecule has 0 spiro atoms. The van der Waals surface area contributed by atoms with E-state index in [-0.39, 0.29) is 0 Å². The second-order valence-corrected chi connectivity index (χ2v) is 3.64. The van der Waals surface area contributed by atoms with Crippen molar-refractivity contribution in [2.75, 3.05) is 6.67 Å². The SMILES string of the molecule is C=CC(CF)NC(=O)OC(C)(C)C. The van der Waals surface area contributed by atoms with Crippen LogP contribution in [-0.2, 0) is 4.74 Å². The number of carbonyl (C=O) groups excluding carboxylic acids is 1. The average molecular weight is 189 g/mol. The molecule has 0 aromatic heterocycles. The third-order valence-corrected chi connectivity index (χ3v) is 1.15. The third-order valence-electron chi connectivity index (χ3n) is 1.15. The summed E-state index contributed by atoms with van der Waals surface area (Å²) >= 11 is 0. The van der Waals surface area contributed by atoms with Gasteiger partial charge in [0.2, 0.25) is 0 Å². The lowest BCUT2D eigenvalue weighted by atomic mass is 10.2. The maximum absolute atomic E-state index is 12.1. The van der Waals surface area contributed by atoms with Crippen LogP contribution in [0.3, 0.4) is 0 Å². The molecule has 0 rings (SSSR count). The second-order valence-electron chi connectivity index (χ2n) is 3.64. The van der Waals surface area contributed by atoms with Gasteiger partial charge in [-0.25, -0.2) is 9.18 Å². The quantitative estimate of drug-likeness (QED) is 0.690. The van der Waals surface area contributed by atoms with Crippen molar-refractivity contribution in [3.63, 3.8) is 0 Å². The van der Waals surface area contributed by atoms with Crippen LogP contribution >= 0.6 is 0 Å². The summed E-state index contributed by atoms with van der Waals surface area (Å²) in [6, 6.07) is -0.671. The van der Waals surface area contributed by atoms with E-state index < -0.39 is 24.4 Å². The van der Waals surface area contributed by atoms with Gasteiger partial charge in [-0.05, 0) is 20.8 Å². The number of halogens is 1. The van der Waals surface area contributed by atoms with E-state index in [2.05, 4.69) is 11.9 Å². The average Bonchev–Trinajstić information content (AvgIpc) is 1.96. The smallest absolute Gasteiger partial charge is 0.408 e. The lowest BCUT2D eigenvalue weighted by Crippen LogP contribution is -2.39. The van der Waals surface area contributed by atoms with Crippen molar-refractivity contribution < 1.29 is 13.9 Å². The zero-order chi connectivity index (χ0) is 10.5. The van der Waals surface area contributed by atoms with Crippen molar-refractivity contribution in [1.29, 1.82) is 0 Å². The fourth-order valence-corrected chi connectivity index (χ4v) is 0.619. The minimum atomic E-state index is -0.678. The molecule has 0 fully saturated rings. The van der Waals surface area contributed by atoms with Crippen LogP contribution < -0.4 is 5.32 Å². The first-order valence-corrected chi connectivity index (χ1v) is 4.07. The molecule has 0 saturated heterocycles. The summed E-state index contributed by atoms with van der Waals surface area (Å²) in [6.07, 6.45) is 0.694. The Balaban J connectivity index is 3.93. The van der Waals surface area contributed by atoms with E-state index in [0.717, 1.165) is 0 Å². The van der Waals surface area contributed by atoms with Crippen LogP contribution in [0.4, 0.5) is 9.18 Å². The van der Waals surface area contributed by atoms with Gasteiger partial charge in [-0.1, -0.05) is 6.08 Å². The molecule has 0 aromatic rings. The number of hydrogen-bond donors (Lipinski definition) is 1. The van der Waals surface area contributed by atoms with Crippen LogP contribution in [0.5, 0.6) is 0 Å². The van der Waals surface area contributed by atoms with Gasteiger partial charge < -0.3 is 10.1 Å². The largest absolute Gasteiger partial charge is 0.444 e. The molecule has 1 N–H and O–H groups in total. The highest BCUT2D eigenvalue weighted by Gasteiger charge is 2.17. The maximum atomic E-state index is 12.1. The molecule has 13 heavy (non-hydrogen) atoms. The molecule has 0 aliphatic rings. The Hall–Kier alpha value is -1.06. The number of carbonyl (C=O) groups is 1. The van der Waals surface area contributed by atoms with Crippen LogP contribution in [0.1, 0.15) is 20.8 Å². The molecule has 0 heterocycles. The first-order chi connectivity index (χ1) is 5.89. The van der Waals surface area contributed by atoms with Gasteiger partial charge in [0.05, 0.1) is 6.04 Å². The zero-order valence-corrected chi connectivity index (χ0v) is 8.26. The van der Waals surface area contributed by atoms with Gasteiger partial charge in [-0.15, -0.1) is 6.58 Å². The normalized spacial score (nSPS) is 13.2. The van der Waals surface area contributed by atoms with Gasteiger partial charge in [-0.3, -0.25) is 0 Å². The Morgan fingerprint density at radius 2 is 2.23 bits per heavy atom. The molecule has 0 aromatic carbocycles. The standard InChI is InChI=1S/C9H16FNO2/c1-5-7(6-10)11-8(12)13-9(2,3)4/h5,7H,1,6H2,2-4H3,(H,11,12). The molecule has 1 amide bonds. The highest BCUT2D eigenvalue weighted by molar-refractivity contribution is 5.68. The lowest BCUT2D eigenvalue weighted by Gasteiger charge is -2.21. The van der Waals surface area contributed by atoms with Crippen LogP contribution in [0.15, 0.2) is 12.7 Å². The van der Waals surface area contributed by atoms with E-state index in [0.29, 0.717) is 0 Å². The molecule has 0 bridgehead atoms. The number of nitrogens with one attached hydrogen (secondary N) is 1. The van der Waals surface area contributed by atoms with E-state index in [1.165, 1.54) is 6.08 Å². The summed E-state index contributed by atoms with van der Waals surface area (Å²) in [6.45, 7) is 7.92. The van der Waals surface area contributed by atoms with Gasteiger partial charge in [0.15, 0.2) is 0 Å². The van der Waals surface area contributed by atoms with E-state index in [4.69, 9.17) is 4.74 Å². The summed E-state index contributed by atoms with van der Waals surface area (Å²) in [5.74, 6) is 0. The number of alkyl carbamates (subject to hydrolysis) is 1. The van der Waals surface area contributed by atoms with Gasteiger partial charge >= 0.3 is 6.09 Å². The van der Waals surface area contributed by atoms with E-state index >= 15 is 0 Å². The van der Waals surface area contributed by atoms with E-state index in [1.54, 1.807) is 20.8 Å². The summed E-state index contributed by atoms with van der Waals surface area (Å²) in [5, 5.41) is 2.32. The van der Waals surface area contributed by atoms with Crippen molar-refractivity contribution in [3.8, 4) is 0 Å². The molecule has 0 aliphatic carbocycles. The Kier molecular flexibility index (Phi) is 4.45. The zero-order valence-electron chi connectivity index (χ0n) is 8.26. The molecule has 0 saturated carbocycles. The molecule has 1 atom stereocenters. The summed E-state index contributed by atoms with van der Waals surface area (Å²) in [7, 11) is 0. The van der Waals surface area contributed by atoms with Crippen molar-refractivity contribution in [1.82, 2.24) is 5.32 Å². The number of amides is 1. The molecular weight excluding hydrogens is 173 g/mol. The summed E-state index contributed by atoms with van der Waals surface area (Å²) < 4.78 is 17.0. The van der Waals surface area contributed by atoms with Gasteiger partial charge in [-0.2, -0.15) is 0 Å². The predicted octanol–water partition coefficient (Wildman–Crippen LogP) is 2.04. The highest BCUT2D eigenvalue weighted by Crippen LogP contribution is 2.06. The highest BCUT2D eigenvalue weighted by atomic mass is 19.1. The Morgan fingerprint density at radius 1 is 1.69 bits per heavy atom. The fraction of sp³-hybridized carbons (Fsp3) is 0.667. The number of rotatable bonds is 3. The van der Waals surface area contributed by atoms with Gasteiger partial charge in [0.25, 0.3) is 0 Å². The van der Waals surface area contributed by atoms with Crippen molar-refractivity contribution in [2.45, 2.75) is 32.4 Å². The van der Waals surface area contributed by atoms with Gasteiger partial charge in [0, 0.05) is 0 Å². The van der Waals surface area contributed by atoms with Crippen molar-refractivity contribution in [2.24, 2.45) is 0 Å². The monoisotopic (exact) mass is 189 g/mol. The van der Waals surface area contributed by atoms with Crippen LogP contribution in [0.2, 0.25) is 0 Å². The molecule has 1 unspecified atom stereocenters. The van der Waals surface area contributed by atoms with Crippen molar-refractivity contribution >= 4 is 6.09 Å². The Labute approximate surface area is 78.0 Å². The first kappa shape index (κ1) is 11.9. The van der Waals surface area contributed by atoms with Crippen molar-refractivity contribution in [3.05, 3.63) is 12.7 Å². The Morgan fingerprint density at radius 3 is 2.54 bits per heavy atom. The topological polar surface area (TPSA) is 38.3 Å². The maximum Gasteiger partial charge on any atom is 0.408 e. The lowest BCUT2D eigenvalue weighted by molar-refractivity contribution is 0.0508. The van der Waals surface area contributed by atoms with Crippen LogP contribution in [0.25, 0.3) is 0 Å². The number of alkyl halides is 1. The predicted molar refractivity (Wildman–Crippen MR) is 49.3 cm³/mol. The molecule has 0 aliphatic heterocycles. The first-order valence-electron chi connectivity index (χ1n) is 4.07. The fourth-order valence-electron chi connectivity index (χ4n) is 0.619. The summed E-state index contributed by atoms with van der Waals surface area (Å²) in [4.78, 5) is 11.0. The molecule has 3 nitrogen and oxygen atoms in total. The minimum absolute atomic E-state index is 0.563. The minimum Gasteiger partial charge on any atom is -0.444 e. The van der Waals surface area contributed by atoms with E-state index in [1.807, 2.05) is 0 Å². The molecule has 0 radical (unpaired) electrons. The molecule has 76 valence electrons. The van der Waals surface area contributed by atoms with Gasteiger partial charge in [0.1, 0.15) is 12.3 Å². The molecular formula is C9H16FNO2. The number of hydrogen-bond acceptors (Lipinski definition) is 2. The second kappa shape index (κ2) is 4.84. The van der Waals surface area contributed by atoms with E-state index in [9.17, 15) is 9.18 Å². The third kappa shape index (κ3) is 6.13. The van der Waals surface area contributed by atoms with Crippen LogP contribution in [-0.4, -0.2) is 24.4 Å². The molecule has 4 heteroatoms.